The van der Waals surface area contributed by atoms with Gasteiger partial charge in [-0.25, -0.2) is 14.8 Å². The van der Waals surface area contributed by atoms with Crippen LogP contribution in [0, 0.1) is 20.8 Å². The van der Waals surface area contributed by atoms with Gasteiger partial charge in [-0.1, -0.05) is 29.5 Å². The van der Waals surface area contributed by atoms with Gasteiger partial charge in [0.05, 0.1) is 11.7 Å². The van der Waals surface area contributed by atoms with Crippen molar-refractivity contribution < 1.29 is 9.90 Å². The molecule has 0 unspecified atom stereocenters. The Balaban J connectivity index is 1.73. The summed E-state index contributed by atoms with van der Waals surface area (Å²) in [6, 6.07) is 10.3. The summed E-state index contributed by atoms with van der Waals surface area (Å²) in [6.07, 6.45) is 1.30. The minimum absolute atomic E-state index is 0.144. The van der Waals surface area contributed by atoms with Crippen molar-refractivity contribution in [2.24, 2.45) is 0 Å². The molecule has 4 aromatic rings. The van der Waals surface area contributed by atoms with Crippen LogP contribution in [0.5, 0.6) is 0 Å². The number of aromatic carboxylic acids is 1. The van der Waals surface area contributed by atoms with Crippen LogP contribution in [-0.2, 0) is 0 Å². The Bertz CT molecular complexity index is 1200. The predicted octanol–water partition coefficient (Wildman–Crippen LogP) is 4.52. The van der Waals surface area contributed by atoms with E-state index < -0.39 is 5.97 Å². The van der Waals surface area contributed by atoms with Gasteiger partial charge < -0.3 is 5.11 Å². The lowest BCUT2D eigenvalue weighted by Crippen LogP contribution is -2.01. The molecule has 8 heteroatoms. The van der Waals surface area contributed by atoms with Gasteiger partial charge in [0.1, 0.15) is 10.4 Å². The smallest absolute Gasteiger partial charge is 0.347 e. The molecule has 0 radical (unpaired) electrons. The summed E-state index contributed by atoms with van der Waals surface area (Å²) >= 11 is 1.02. The van der Waals surface area contributed by atoms with Crippen molar-refractivity contribution in [2.75, 3.05) is 5.32 Å². The van der Waals surface area contributed by atoms with Crippen molar-refractivity contribution in [1.29, 1.82) is 0 Å². The lowest BCUT2D eigenvalue weighted by molar-refractivity contribution is 0.0702. The van der Waals surface area contributed by atoms with Gasteiger partial charge in [-0.3, -0.25) is 5.32 Å². The molecule has 2 aromatic carbocycles. The molecule has 0 fully saturated rings. The molecule has 0 aliphatic heterocycles. The minimum Gasteiger partial charge on any atom is -0.477 e. The van der Waals surface area contributed by atoms with Crippen LogP contribution in [0.2, 0.25) is 0 Å². The summed E-state index contributed by atoms with van der Waals surface area (Å²) in [5.74, 6) is -0.736. The molecule has 0 amide bonds. The third-order valence-corrected chi connectivity index (χ3v) is 5.36. The number of nitrogens with one attached hydrogen (secondary N) is 1. The highest BCUT2D eigenvalue weighted by molar-refractivity contribution is 7.17. The predicted molar refractivity (Wildman–Crippen MR) is 109 cm³/mol. The van der Waals surface area contributed by atoms with E-state index >= 15 is 0 Å². The number of carbonyl (C=O) groups is 1. The molecule has 2 N–H and O–H groups in total. The highest BCUT2D eigenvalue weighted by Gasteiger charge is 2.13. The van der Waals surface area contributed by atoms with E-state index in [-0.39, 0.29) is 10.8 Å². The zero-order chi connectivity index (χ0) is 19.8. The fourth-order valence-electron chi connectivity index (χ4n) is 3.21. The third kappa shape index (κ3) is 3.29. The van der Waals surface area contributed by atoms with Gasteiger partial charge in [-0.15, -0.1) is 10.2 Å². The van der Waals surface area contributed by atoms with E-state index in [9.17, 15) is 4.79 Å². The van der Waals surface area contributed by atoms with Crippen molar-refractivity contribution >= 4 is 39.4 Å². The molecule has 0 aliphatic carbocycles. The van der Waals surface area contributed by atoms with Gasteiger partial charge in [0, 0.05) is 0 Å². The Morgan fingerprint density at radius 2 is 1.82 bits per heavy atom. The first-order valence-corrected chi connectivity index (χ1v) is 9.42. The number of hydrogen-bond acceptors (Lipinski definition) is 7. The van der Waals surface area contributed by atoms with Crippen LogP contribution in [0.1, 0.15) is 26.4 Å². The van der Waals surface area contributed by atoms with Gasteiger partial charge >= 0.3 is 5.97 Å². The van der Waals surface area contributed by atoms with Gasteiger partial charge in [0.15, 0.2) is 5.13 Å². The van der Waals surface area contributed by atoms with Crippen LogP contribution >= 0.6 is 11.3 Å². The molecule has 0 saturated carbocycles. The third-order valence-electron chi connectivity index (χ3n) is 4.46. The number of aromatic nitrogens is 4. The van der Waals surface area contributed by atoms with E-state index in [4.69, 9.17) is 5.11 Å². The molecule has 0 atom stereocenters. The molecule has 0 bridgehead atoms. The molecule has 2 aromatic heterocycles. The topological polar surface area (TPSA) is 101 Å². The number of rotatable bonds is 4. The standard InChI is InChI=1S/C20H17N5O2S/c1-10-5-4-6-11(2)16(10)13-7-12(3)17-14(8-13)24-25-19(22-17)23-20-21-9-15(28-20)18(26)27/h4-9H,1-3H3,(H,26,27)(H,21,22,23,25). The van der Waals surface area contributed by atoms with Crippen molar-refractivity contribution in [3.63, 3.8) is 0 Å². The molecular weight excluding hydrogens is 374 g/mol. The summed E-state index contributed by atoms with van der Waals surface area (Å²) in [5.41, 5.74) is 7.12. The van der Waals surface area contributed by atoms with Gasteiger partial charge in [0.2, 0.25) is 5.95 Å². The molecule has 7 nitrogen and oxygen atoms in total. The SMILES string of the molecule is Cc1cccc(C)c1-c1cc(C)c2nc(Nc3ncc(C(=O)O)s3)nnc2c1. The Morgan fingerprint density at radius 1 is 1.07 bits per heavy atom. The Hall–Kier alpha value is -3.39. The largest absolute Gasteiger partial charge is 0.477 e. The van der Waals surface area contributed by atoms with E-state index in [2.05, 4.69) is 63.6 Å². The second-order valence-corrected chi connectivity index (χ2v) is 7.55. The van der Waals surface area contributed by atoms with Crippen LogP contribution < -0.4 is 5.32 Å². The maximum Gasteiger partial charge on any atom is 0.347 e. The summed E-state index contributed by atoms with van der Waals surface area (Å²) < 4.78 is 0. The van der Waals surface area contributed by atoms with E-state index in [1.807, 2.05) is 13.0 Å². The van der Waals surface area contributed by atoms with Crippen LogP contribution in [0.15, 0.2) is 36.5 Å². The van der Waals surface area contributed by atoms with Crippen LogP contribution in [0.25, 0.3) is 22.2 Å². The fourth-order valence-corrected chi connectivity index (χ4v) is 3.85. The lowest BCUT2D eigenvalue weighted by atomic mass is 9.94. The number of benzene rings is 2. The molecule has 140 valence electrons. The van der Waals surface area contributed by atoms with Crippen molar-refractivity contribution in [2.45, 2.75) is 20.8 Å². The molecular formula is C20H17N5O2S. The maximum atomic E-state index is 11.0. The summed E-state index contributed by atoms with van der Waals surface area (Å²) in [5, 5.41) is 20.8. The Morgan fingerprint density at radius 3 is 2.50 bits per heavy atom. The Kier molecular flexibility index (Phi) is 4.48. The molecule has 0 spiro atoms. The summed E-state index contributed by atoms with van der Waals surface area (Å²) in [7, 11) is 0. The van der Waals surface area contributed by atoms with E-state index in [0.29, 0.717) is 10.6 Å². The van der Waals surface area contributed by atoms with Gasteiger partial charge in [-0.05, 0) is 60.7 Å². The lowest BCUT2D eigenvalue weighted by Gasteiger charge is -2.12. The average molecular weight is 391 g/mol. The first kappa shape index (κ1) is 18.0. The monoisotopic (exact) mass is 391 g/mol. The quantitative estimate of drug-likeness (QED) is 0.527. The zero-order valence-corrected chi connectivity index (χ0v) is 16.3. The Labute approximate surface area is 165 Å². The van der Waals surface area contributed by atoms with Crippen molar-refractivity contribution in [3.05, 3.63) is 58.1 Å². The molecule has 4 rings (SSSR count). The van der Waals surface area contributed by atoms with E-state index in [1.54, 1.807) is 0 Å². The number of anilines is 2. The van der Waals surface area contributed by atoms with Crippen LogP contribution in [0.4, 0.5) is 11.1 Å². The van der Waals surface area contributed by atoms with Crippen LogP contribution in [-0.4, -0.2) is 31.2 Å². The van der Waals surface area contributed by atoms with Crippen molar-refractivity contribution in [1.82, 2.24) is 20.2 Å². The van der Waals surface area contributed by atoms with Crippen molar-refractivity contribution in [3.8, 4) is 11.1 Å². The summed E-state index contributed by atoms with van der Waals surface area (Å²) in [4.78, 5) is 19.7. The second-order valence-electron chi connectivity index (χ2n) is 6.52. The average Bonchev–Trinajstić information content (AvgIpc) is 3.11. The number of thiazole rings is 1. The molecule has 2 heterocycles. The molecule has 0 saturated heterocycles. The molecule has 0 aliphatic rings. The number of carboxylic acids is 1. The summed E-state index contributed by atoms with van der Waals surface area (Å²) in [6.45, 7) is 6.18. The zero-order valence-electron chi connectivity index (χ0n) is 15.5. The molecule has 28 heavy (non-hydrogen) atoms. The minimum atomic E-state index is -1.02. The maximum absolute atomic E-state index is 11.0. The highest BCUT2D eigenvalue weighted by Crippen LogP contribution is 2.31. The van der Waals surface area contributed by atoms with E-state index in [0.717, 1.165) is 28.0 Å². The number of carboxylic acid groups (broad SMARTS) is 1. The van der Waals surface area contributed by atoms with Gasteiger partial charge in [-0.2, -0.15) is 0 Å². The normalized spacial score (nSPS) is 11.0. The number of aryl methyl sites for hydroxylation is 3. The first-order chi connectivity index (χ1) is 13.4. The highest BCUT2D eigenvalue weighted by atomic mass is 32.1. The number of nitrogens with zero attached hydrogens (tertiary/aromatic N) is 4. The van der Waals surface area contributed by atoms with Gasteiger partial charge in [0.25, 0.3) is 0 Å². The number of fused-ring (bicyclic) bond motifs is 1. The number of hydrogen-bond donors (Lipinski definition) is 2. The fraction of sp³-hybridized carbons (Fsp3) is 0.150. The second kappa shape index (κ2) is 6.97. The van der Waals surface area contributed by atoms with Crippen LogP contribution in [0.3, 0.4) is 0 Å². The van der Waals surface area contributed by atoms with E-state index in [1.165, 1.54) is 22.9 Å². The first-order valence-electron chi connectivity index (χ1n) is 8.60.